The first-order valence-electron chi connectivity index (χ1n) is 5.50. The number of hydrogen-bond donors (Lipinski definition) is 1. The molecule has 2 rings (SSSR count). The van der Waals surface area contributed by atoms with Crippen molar-refractivity contribution in [1.29, 1.82) is 0 Å². The molecule has 1 aliphatic heterocycles. The zero-order valence-corrected chi connectivity index (χ0v) is 10.5. The fourth-order valence-corrected chi connectivity index (χ4v) is 2.04. The Kier molecular flexibility index (Phi) is 3.83. The van der Waals surface area contributed by atoms with Crippen LogP contribution in [0.5, 0.6) is 0 Å². The highest BCUT2D eigenvalue weighted by molar-refractivity contribution is 6.29. The van der Waals surface area contributed by atoms with Crippen molar-refractivity contribution in [2.24, 2.45) is 0 Å². The molecule has 8 heteroatoms. The Hall–Kier alpha value is -1.52. The van der Waals surface area contributed by atoms with Crippen molar-refractivity contribution in [2.75, 3.05) is 24.5 Å². The van der Waals surface area contributed by atoms with Crippen LogP contribution in [-0.2, 0) is 6.18 Å². The normalized spacial score (nSPS) is 20.2. The van der Waals surface area contributed by atoms with Crippen LogP contribution < -0.4 is 10.2 Å². The van der Waals surface area contributed by atoms with Crippen LogP contribution in [0.2, 0.25) is 5.15 Å². The summed E-state index contributed by atoms with van der Waals surface area (Å²) in [5.74, 6) is 0.148. The van der Waals surface area contributed by atoms with Gasteiger partial charge in [-0.1, -0.05) is 11.6 Å². The third kappa shape index (κ3) is 3.28. The molecule has 1 saturated heterocycles. The first-order chi connectivity index (χ1) is 8.90. The molecular weight excluding hydrogens is 281 g/mol. The van der Waals surface area contributed by atoms with E-state index in [0.717, 1.165) is 12.1 Å². The number of rotatable bonds is 1. The highest BCUT2D eigenvalue weighted by atomic mass is 35.5. The topological polar surface area (TPSA) is 32.5 Å². The van der Waals surface area contributed by atoms with Crippen molar-refractivity contribution in [2.45, 2.75) is 12.3 Å². The van der Waals surface area contributed by atoms with Gasteiger partial charge in [-0.2, -0.15) is 13.2 Å². The largest absolute Gasteiger partial charge is 0.416 e. The van der Waals surface area contributed by atoms with E-state index in [0.29, 0.717) is 13.1 Å². The molecule has 0 bridgehead atoms. The smallest absolute Gasteiger partial charge is 0.346 e. The lowest BCUT2D eigenvalue weighted by atomic mass is 10.2. The van der Waals surface area contributed by atoms with Crippen LogP contribution in [0, 0.1) is 6.57 Å². The zero-order chi connectivity index (χ0) is 14.0. The molecule has 0 aliphatic carbocycles. The molecule has 1 N–H and O–H groups in total. The predicted molar refractivity (Wildman–Crippen MR) is 64.9 cm³/mol. The van der Waals surface area contributed by atoms with Gasteiger partial charge in [-0.3, -0.25) is 4.85 Å². The van der Waals surface area contributed by atoms with Gasteiger partial charge in [-0.25, -0.2) is 16.9 Å². The average Bonchev–Trinajstić information content (AvgIpc) is 2.37. The number of pyridine rings is 1. The zero-order valence-electron chi connectivity index (χ0n) is 9.71. The van der Waals surface area contributed by atoms with Crippen LogP contribution in [0.15, 0.2) is 12.1 Å². The lowest BCUT2D eigenvalue weighted by Crippen LogP contribution is -2.49. The molecule has 1 unspecified atom stereocenters. The van der Waals surface area contributed by atoms with E-state index in [1.165, 1.54) is 0 Å². The van der Waals surface area contributed by atoms with Gasteiger partial charge in [-0.05, 0) is 12.1 Å². The van der Waals surface area contributed by atoms with E-state index in [2.05, 4.69) is 15.1 Å². The third-order valence-corrected chi connectivity index (χ3v) is 2.94. The summed E-state index contributed by atoms with van der Waals surface area (Å²) in [7, 11) is 0. The standard InChI is InChI=1S/C11H10ClF3N4/c1-16-9-6-19(3-2-17-9)10-5-7(11(13,14)15)4-8(12)18-10/h4-5,9,17H,2-3,6H2. The fourth-order valence-electron chi connectivity index (χ4n) is 1.83. The lowest BCUT2D eigenvalue weighted by molar-refractivity contribution is -0.137. The molecule has 1 fully saturated rings. The van der Waals surface area contributed by atoms with Crippen molar-refractivity contribution in [3.05, 3.63) is 34.3 Å². The number of alkyl halides is 3. The molecule has 0 aromatic carbocycles. The van der Waals surface area contributed by atoms with E-state index in [1.807, 2.05) is 0 Å². The number of piperazine rings is 1. The third-order valence-electron chi connectivity index (χ3n) is 2.74. The molecule has 1 aromatic rings. The number of anilines is 1. The summed E-state index contributed by atoms with van der Waals surface area (Å²) in [6, 6.07) is 1.75. The van der Waals surface area contributed by atoms with Gasteiger partial charge in [-0.15, -0.1) is 0 Å². The van der Waals surface area contributed by atoms with Crippen LogP contribution in [0.3, 0.4) is 0 Å². The summed E-state index contributed by atoms with van der Waals surface area (Å²) >= 11 is 5.63. The minimum Gasteiger partial charge on any atom is -0.346 e. The summed E-state index contributed by atoms with van der Waals surface area (Å²) in [5.41, 5.74) is -0.833. The quantitative estimate of drug-likeness (QED) is 0.637. The Morgan fingerprint density at radius 3 is 2.84 bits per heavy atom. The van der Waals surface area contributed by atoms with Gasteiger partial charge in [0.2, 0.25) is 0 Å². The molecule has 0 amide bonds. The highest BCUT2D eigenvalue weighted by Gasteiger charge is 2.33. The van der Waals surface area contributed by atoms with E-state index >= 15 is 0 Å². The summed E-state index contributed by atoms with van der Waals surface area (Å²) in [6.45, 7) is 8.23. The molecule has 1 aliphatic rings. The first-order valence-corrected chi connectivity index (χ1v) is 5.87. The minimum atomic E-state index is -4.46. The van der Waals surface area contributed by atoms with Crippen molar-refractivity contribution < 1.29 is 13.2 Å². The summed E-state index contributed by atoms with van der Waals surface area (Å²) in [6.07, 6.45) is -4.90. The fraction of sp³-hybridized carbons (Fsp3) is 0.455. The molecule has 102 valence electrons. The van der Waals surface area contributed by atoms with Crippen molar-refractivity contribution in [3.8, 4) is 0 Å². The predicted octanol–water partition coefficient (Wildman–Crippen LogP) is 2.41. The number of nitrogens with zero attached hydrogens (tertiary/aromatic N) is 3. The van der Waals surface area contributed by atoms with Gasteiger partial charge in [0.25, 0.3) is 6.17 Å². The van der Waals surface area contributed by atoms with Gasteiger partial charge in [0.15, 0.2) is 0 Å². The molecule has 0 spiro atoms. The van der Waals surface area contributed by atoms with Crippen LogP contribution in [0.25, 0.3) is 4.85 Å². The Morgan fingerprint density at radius 1 is 1.47 bits per heavy atom. The highest BCUT2D eigenvalue weighted by Crippen LogP contribution is 2.32. The van der Waals surface area contributed by atoms with Gasteiger partial charge in [0.05, 0.1) is 5.56 Å². The van der Waals surface area contributed by atoms with Gasteiger partial charge < -0.3 is 4.90 Å². The summed E-state index contributed by atoms with van der Waals surface area (Å²) in [4.78, 5) is 8.86. The van der Waals surface area contributed by atoms with Gasteiger partial charge in [0.1, 0.15) is 17.5 Å². The van der Waals surface area contributed by atoms with Gasteiger partial charge in [0, 0.05) is 13.1 Å². The number of aromatic nitrogens is 1. The molecule has 4 nitrogen and oxygen atoms in total. The maximum atomic E-state index is 12.7. The van der Waals surface area contributed by atoms with Crippen LogP contribution in [-0.4, -0.2) is 30.8 Å². The summed E-state index contributed by atoms with van der Waals surface area (Å²) in [5, 5.41) is 2.74. The van der Waals surface area contributed by atoms with Crippen molar-refractivity contribution >= 4 is 17.4 Å². The molecule has 0 radical (unpaired) electrons. The molecule has 19 heavy (non-hydrogen) atoms. The van der Waals surface area contributed by atoms with Crippen LogP contribution >= 0.6 is 11.6 Å². The Morgan fingerprint density at radius 2 is 2.21 bits per heavy atom. The van der Waals surface area contributed by atoms with Crippen LogP contribution in [0.4, 0.5) is 19.0 Å². The molecule has 1 atom stereocenters. The number of nitrogens with one attached hydrogen (secondary N) is 1. The number of halogens is 4. The Bertz CT molecular complexity index is 512. The van der Waals surface area contributed by atoms with E-state index in [1.54, 1.807) is 4.90 Å². The monoisotopic (exact) mass is 290 g/mol. The average molecular weight is 291 g/mol. The van der Waals surface area contributed by atoms with E-state index in [4.69, 9.17) is 18.2 Å². The maximum Gasteiger partial charge on any atom is 0.416 e. The molecule has 1 aromatic heterocycles. The second-order valence-corrected chi connectivity index (χ2v) is 4.47. The second-order valence-electron chi connectivity index (χ2n) is 4.08. The molecule has 2 heterocycles. The Labute approximate surface area is 113 Å². The Balaban J connectivity index is 2.30. The second kappa shape index (κ2) is 5.23. The van der Waals surface area contributed by atoms with E-state index in [-0.39, 0.29) is 17.5 Å². The summed E-state index contributed by atoms with van der Waals surface area (Å²) < 4.78 is 38.1. The van der Waals surface area contributed by atoms with Gasteiger partial charge >= 0.3 is 6.18 Å². The van der Waals surface area contributed by atoms with E-state index in [9.17, 15) is 13.2 Å². The maximum absolute atomic E-state index is 12.7. The van der Waals surface area contributed by atoms with Crippen LogP contribution in [0.1, 0.15) is 5.56 Å². The number of hydrogen-bond acceptors (Lipinski definition) is 3. The first kappa shape index (κ1) is 13.9. The molecular formula is C11H10ClF3N4. The van der Waals surface area contributed by atoms with E-state index < -0.39 is 17.9 Å². The SMILES string of the molecule is [C-]#[N+]C1CN(c2cc(C(F)(F)F)cc(Cl)n2)CCN1. The molecule has 0 saturated carbocycles. The minimum absolute atomic E-state index is 0.148. The van der Waals surface area contributed by atoms with Crippen molar-refractivity contribution in [3.63, 3.8) is 0 Å². The lowest BCUT2D eigenvalue weighted by Gasteiger charge is -2.29. The van der Waals surface area contributed by atoms with Crippen molar-refractivity contribution in [1.82, 2.24) is 10.3 Å².